The van der Waals surface area contributed by atoms with Gasteiger partial charge in [-0.1, -0.05) is 6.07 Å². The van der Waals surface area contributed by atoms with E-state index in [1.54, 1.807) is 7.11 Å². The van der Waals surface area contributed by atoms with Crippen LogP contribution in [0.4, 0.5) is 10.5 Å². The fourth-order valence-corrected chi connectivity index (χ4v) is 3.63. The van der Waals surface area contributed by atoms with Crippen LogP contribution in [0.15, 0.2) is 24.3 Å². The third kappa shape index (κ3) is 3.18. The maximum absolute atomic E-state index is 12.6. The topological polar surface area (TPSA) is 61.9 Å². The van der Waals surface area contributed by atoms with Crippen LogP contribution in [-0.2, 0) is 4.79 Å². The number of nitrogens with zero attached hydrogens (tertiary/aromatic N) is 2. The summed E-state index contributed by atoms with van der Waals surface area (Å²) < 4.78 is 5.25. The maximum Gasteiger partial charge on any atom is 0.317 e. The smallest absolute Gasteiger partial charge is 0.317 e. The Morgan fingerprint density at radius 1 is 1.33 bits per heavy atom. The number of hydrogen-bond donors (Lipinski definition) is 1. The van der Waals surface area contributed by atoms with Crippen molar-refractivity contribution in [2.24, 2.45) is 5.41 Å². The molecule has 3 amide bonds. The zero-order valence-electron chi connectivity index (χ0n) is 14.5. The summed E-state index contributed by atoms with van der Waals surface area (Å²) >= 11 is 0. The highest BCUT2D eigenvalue weighted by atomic mass is 16.5. The number of hydrogen-bond acceptors (Lipinski definition) is 3. The van der Waals surface area contributed by atoms with Crippen molar-refractivity contribution in [3.05, 3.63) is 24.3 Å². The van der Waals surface area contributed by atoms with Crippen LogP contribution in [0, 0.1) is 5.41 Å². The van der Waals surface area contributed by atoms with Gasteiger partial charge in [0, 0.05) is 49.3 Å². The number of benzene rings is 1. The van der Waals surface area contributed by atoms with E-state index in [1.807, 2.05) is 47.9 Å². The SMILES string of the molecule is COc1cccc(N2C[C@@]3(CCN(C(=O)NC(C)C)C3)CC2=O)c1. The number of carbonyl (C=O) groups excluding carboxylic acids is 2. The number of rotatable bonds is 3. The molecule has 2 aliphatic heterocycles. The van der Waals surface area contributed by atoms with E-state index in [2.05, 4.69) is 5.32 Å². The summed E-state index contributed by atoms with van der Waals surface area (Å²) in [6.07, 6.45) is 1.36. The molecule has 0 aliphatic carbocycles. The molecule has 1 aromatic rings. The van der Waals surface area contributed by atoms with Crippen molar-refractivity contribution in [1.29, 1.82) is 0 Å². The van der Waals surface area contributed by atoms with Gasteiger partial charge in [-0.05, 0) is 32.4 Å². The van der Waals surface area contributed by atoms with Gasteiger partial charge in [0.1, 0.15) is 5.75 Å². The van der Waals surface area contributed by atoms with Crippen LogP contribution in [0.1, 0.15) is 26.7 Å². The molecule has 1 N–H and O–H groups in total. The van der Waals surface area contributed by atoms with Crippen molar-refractivity contribution in [2.45, 2.75) is 32.7 Å². The van der Waals surface area contributed by atoms with Crippen LogP contribution < -0.4 is 15.0 Å². The van der Waals surface area contributed by atoms with Crippen LogP contribution in [0.3, 0.4) is 0 Å². The Labute approximate surface area is 142 Å². The largest absolute Gasteiger partial charge is 0.497 e. The van der Waals surface area contributed by atoms with E-state index in [4.69, 9.17) is 4.74 Å². The van der Waals surface area contributed by atoms with Crippen LogP contribution in [-0.4, -0.2) is 49.6 Å². The van der Waals surface area contributed by atoms with Gasteiger partial charge >= 0.3 is 6.03 Å². The van der Waals surface area contributed by atoms with Gasteiger partial charge in [0.05, 0.1) is 7.11 Å². The molecule has 24 heavy (non-hydrogen) atoms. The van der Waals surface area contributed by atoms with Crippen molar-refractivity contribution in [3.63, 3.8) is 0 Å². The van der Waals surface area contributed by atoms with Crippen LogP contribution in [0.5, 0.6) is 5.75 Å². The summed E-state index contributed by atoms with van der Waals surface area (Å²) in [5, 5.41) is 2.93. The number of likely N-dealkylation sites (tertiary alicyclic amines) is 1. The third-order valence-corrected chi connectivity index (χ3v) is 4.82. The minimum Gasteiger partial charge on any atom is -0.497 e. The molecule has 2 heterocycles. The number of methoxy groups -OCH3 is 1. The summed E-state index contributed by atoms with van der Waals surface area (Å²) in [5.74, 6) is 0.861. The van der Waals surface area contributed by atoms with Crippen molar-refractivity contribution in [1.82, 2.24) is 10.2 Å². The Balaban J connectivity index is 1.71. The average molecular weight is 331 g/mol. The molecule has 6 heteroatoms. The summed E-state index contributed by atoms with van der Waals surface area (Å²) in [4.78, 5) is 28.4. The monoisotopic (exact) mass is 331 g/mol. The fraction of sp³-hybridized carbons (Fsp3) is 0.556. The number of carbonyl (C=O) groups is 2. The molecule has 0 saturated carbocycles. The number of nitrogens with one attached hydrogen (secondary N) is 1. The molecular formula is C18H25N3O3. The predicted molar refractivity (Wildman–Crippen MR) is 92.3 cm³/mol. The first kappa shape index (κ1) is 16.6. The molecule has 6 nitrogen and oxygen atoms in total. The standard InChI is InChI=1S/C18H25N3O3/c1-13(2)19-17(23)20-8-7-18(11-20)10-16(22)21(12-18)14-5-4-6-15(9-14)24-3/h4-6,9,13H,7-8,10-12H2,1-3H3,(H,19,23)/t18-/m0/s1. The first-order valence-electron chi connectivity index (χ1n) is 8.42. The third-order valence-electron chi connectivity index (χ3n) is 4.82. The molecule has 1 aromatic carbocycles. The number of urea groups is 1. The first-order chi connectivity index (χ1) is 11.4. The Kier molecular flexibility index (Phi) is 4.39. The minimum absolute atomic E-state index is 0.0332. The van der Waals surface area contributed by atoms with Crippen LogP contribution in [0.2, 0.25) is 0 Å². The maximum atomic E-state index is 12.6. The van der Waals surface area contributed by atoms with E-state index in [1.165, 1.54) is 0 Å². The highest BCUT2D eigenvalue weighted by molar-refractivity contribution is 5.96. The molecule has 0 radical (unpaired) electrons. The lowest BCUT2D eigenvalue weighted by Crippen LogP contribution is -2.43. The van der Waals surface area contributed by atoms with Gasteiger partial charge in [0.15, 0.2) is 0 Å². The minimum atomic E-state index is -0.130. The van der Waals surface area contributed by atoms with Gasteiger partial charge in [-0.2, -0.15) is 0 Å². The highest BCUT2D eigenvalue weighted by Crippen LogP contribution is 2.42. The van der Waals surface area contributed by atoms with Crippen LogP contribution >= 0.6 is 0 Å². The molecule has 0 bridgehead atoms. The van der Waals surface area contributed by atoms with Gasteiger partial charge in [-0.3, -0.25) is 4.79 Å². The molecule has 0 aromatic heterocycles. The molecule has 1 spiro atoms. The molecule has 1 atom stereocenters. The highest BCUT2D eigenvalue weighted by Gasteiger charge is 2.48. The predicted octanol–water partition coefficient (Wildman–Crippen LogP) is 2.24. The molecule has 2 fully saturated rings. The van der Waals surface area contributed by atoms with Gasteiger partial charge < -0.3 is 19.9 Å². The molecule has 2 aliphatic rings. The van der Waals surface area contributed by atoms with Crippen molar-refractivity contribution < 1.29 is 14.3 Å². The molecule has 0 unspecified atom stereocenters. The van der Waals surface area contributed by atoms with E-state index in [0.717, 1.165) is 17.9 Å². The number of ether oxygens (including phenoxy) is 1. The lowest BCUT2D eigenvalue weighted by atomic mass is 9.86. The van der Waals surface area contributed by atoms with Crippen molar-refractivity contribution in [3.8, 4) is 5.75 Å². The quantitative estimate of drug-likeness (QED) is 0.924. The fourth-order valence-electron chi connectivity index (χ4n) is 3.63. The van der Waals surface area contributed by atoms with Gasteiger partial charge in [0.2, 0.25) is 5.91 Å². The second-order valence-corrected chi connectivity index (χ2v) is 7.13. The lowest BCUT2D eigenvalue weighted by molar-refractivity contribution is -0.117. The van der Waals surface area contributed by atoms with Gasteiger partial charge in [0.25, 0.3) is 0 Å². The van der Waals surface area contributed by atoms with Crippen LogP contribution in [0.25, 0.3) is 0 Å². The number of amides is 3. The Hall–Kier alpha value is -2.24. The molecule has 130 valence electrons. The molecule has 3 rings (SSSR count). The summed E-state index contributed by atoms with van der Waals surface area (Å²) in [5.41, 5.74) is 0.732. The summed E-state index contributed by atoms with van der Waals surface area (Å²) in [6, 6.07) is 7.66. The zero-order chi connectivity index (χ0) is 17.3. The van der Waals surface area contributed by atoms with Crippen molar-refractivity contribution in [2.75, 3.05) is 31.6 Å². The first-order valence-corrected chi connectivity index (χ1v) is 8.42. The summed E-state index contributed by atoms with van der Waals surface area (Å²) in [7, 11) is 1.62. The molecule has 2 saturated heterocycles. The Bertz CT molecular complexity index is 646. The lowest BCUT2D eigenvalue weighted by Gasteiger charge is -2.25. The Morgan fingerprint density at radius 2 is 2.12 bits per heavy atom. The van der Waals surface area contributed by atoms with E-state index in [9.17, 15) is 9.59 Å². The second-order valence-electron chi connectivity index (χ2n) is 7.13. The summed E-state index contributed by atoms with van der Waals surface area (Å²) in [6.45, 7) is 5.90. The molecular weight excluding hydrogens is 306 g/mol. The van der Waals surface area contributed by atoms with Gasteiger partial charge in [-0.25, -0.2) is 4.79 Å². The van der Waals surface area contributed by atoms with Crippen molar-refractivity contribution >= 4 is 17.6 Å². The van der Waals surface area contributed by atoms with E-state index in [0.29, 0.717) is 26.1 Å². The van der Waals surface area contributed by atoms with Gasteiger partial charge in [-0.15, -0.1) is 0 Å². The zero-order valence-corrected chi connectivity index (χ0v) is 14.5. The number of anilines is 1. The second kappa shape index (κ2) is 6.34. The Morgan fingerprint density at radius 3 is 2.83 bits per heavy atom. The van der Waals surface area contributed by atoms with E-state index in [-0.39, 0.29) is 23.4 Å². The van der Waals surface area contributed by atoms with E-state index >= 15 is 0 Å². The van der Waals surface area contributed by atoms with E-state index < -0.39 is 0 Å². The normalized spacial score (nSPS) is 23.4. The average Bonchev–Trinajstić information content (AvgIpc) is 3.10.